The average Bonchev–Trinajstić information content (AvgIpc) is 2.64. The third-order valence-electron chi connectivity index (χ3n) is 3.85. The molecule has 0 saturated heterocycles. The molecule has 0 radical (unpaired) electrons. The minimum atomic E-state index is -4.05. The highest BCUT2D eigenvalue weighted by atomic mass is 32.2. The normalized spacial score (nSPS) is 11.0. The quantitative estimate of drug-likeness (QED) is 0.679. The summed E-state index contributed by atoms with van der Waals surface area (Å²) >= 11 is 0. The largest absolute Gasteiger partial charge is 0.352 e. The maximum Gasteiger partial charge on any atom is 0.253 e. The van der Waals surface area contributed by atoms with Crippen molar-refractivity contribution < 1.29 is 26.8 Å². The van der Waals surface area contributed by atoms with Crippen LogP contribution in [0.4, 0.5) is 20.2 Å². The molecule has 2 amide bonds. The number of para-hydroxylation sites is 1. The van der Waals surface area contributed by atoms with Crippen molar-refractivity contribution in [2.24, 2.45) is 0 Å². The number of nitrogens with zero attached hydrogens (tertiary/aromatic N) is 1. The molecule has 0 heterocycles. The van der Waals surface area contributed by atoms with E-state index in [-0.39, 0.29) is 11.3 Å². The van der Waals surface area contributed by atoms with Crippen LogP contribution in [-0.4, -0.2) is 39.6 Å². The second kappa shape index (κ2) is 9.46. The minimum Gasteiger partial charge on any atom is -0.352 e. The summed E-state index contributed by atoms with van der Waals surface area (Å²) in [5, 5.41) is 5.15. The van der Waals surface area contributed by atoms with Gasteiger partial charge in [-0.05, 0) is 30.7 Å². The molecule has 2 aromatic carbocycles. The monoisotopic (exact) mass is 425 g/mol. The van der Waals surface area contributed by atoms with E-state index in [9.17, 15) is 26.8 Å². The first-order valence-electron chi connectivity index (χ1n) is 8.73. The number of carbonyl (C=O) groups is 2. The average molecular weight is 425 g/mol. The van der Waals surface area contributed by atoms with Crippen molar-refractivity contribution in [3.05, 3.63) is 59.7 Å². The van der Waals surface area contributed by atoms with Crippen LogP contribution in [0.5, 0.6) is 0 Å². The summed E-state index contributed by atoms with van der Waals surface area (Å²) in [5.41, 5.74) is -0.0784. The first kappa shape index (κ1) is 22.3. The Kier molecular flexibility index (Phi) is 7.27. The standard InChI is InChI=1S/C19H21F2N3O4S/c1-3-10-22-19(26)14-6-4-5-7-16(14)23-18(25)12-24(29(2,27)28)17-9-8-13(20)11-15(17)21/h4-9,11H,3,10,12H2,1-2H3,(H,22,26)(H,23,25). The molecule has 29 heavy (non-hydrogen) atoms. The fourth-order valence-electron chi connectivity index (χ4n) is 2.51. The predicted octanol–water partition coefficient (Wildman–Crippen LogP) is 2.51. The number of amides is 2. The highest BCUT2D eigenvalue weighted by molar-refractivity contribution is 7.92. The fourth-order valence-corrected chi connectivity index (χ4v) is 3.37. The van der Waals surface area contributed by atoms with Crippen molar-refractivity contribution in [3.8, 4) is 0 Å². The van der Waals surface area contributed by atoms with Gasteiger partial charge in [0.05, 0.1) is 23.2 Å². The molecule has 0 fully saturated rings. The number of hydrogen-bond acceptors (Lipinski definition) is 4. The molecule has 0 unspecified atom stereocenters. The van der Waals surface area contributed by atoms with Crippen LogP contribution in [0.2, 0.25) is 0 Å². The van der Waals surface area contributed by atoms with Gasteiger partial charge in [-0.1, -0.05) is 19.1 Å². The highest BCUT2D eigenvalue weighted by Crippen LogP contribution is 2.23. The second-order valence-corrected chi connectivity index (χ2v) is 8.12. The van der Waals surface area contributed by atoms with Crippen LogP contribution in [0.25, 0.3) is 0 Å². The molecule has 0 aliphatic carbocycles. The van der Waals surface area contributed by atoms with E-state index in [1.807, 2.05) is 6.92 Å². The lowest BCUT2D eigenvalue weighted by Gasteiger charge is -2.22. The number of sulfonamides is 1. The predicted molar refractivity (Wildman–Crippen MR) is 106 cm³/mol. The molecule has 10 heteroatoms. The Balaban J connectivity index is 2.25. The molecule has 7 nitrogen and oxygen atoms in total. The third kappa shape index (κ3) is 5.98. The Morgan fingerprint density at radius 2 is 1.79 bits per heavy atom. The zero-order chi connectivity index (χ0) is 21.6. The number of benzene rings is 2. The molecule has 2 N–H and O–H groups in total. The SMILES string of the molecule is CCCNC(=O)c1ccccc1NC(=O)CN(c1ccc(F)cc1F)S(C)(=O)=O. The Morgan fingerprint density at radius 1 is 1.10 bits per heavy atom. The van der Waals surface area contributed by atoms with E-state index in [1.165, 1.54) is 12.1 Å². The van der Waals surface area contributed by atoms with Crippen LogP contribution < -0.4 is 14.9 Å². The summed E-state index contributed by atoms with van der Waals surface area (Å²) in [5.74, 6) is -3.19. The highest BCUT2D eigenvalue weighted by Gasteiger charge is 2.24. The van der Waals surface area contributed by atoms with Crippen molar-refractivity contribution in [2.75, 3.05) is 29.0 Å². The summed E-state index contributed by atoms with van der Waals surface area (Å²) in [6.07, 6.45) is 1.53. The van der Waals surface area contributed by atoms with Gasteiger partial charge in [-0.3, -0.25) is 13.9 Å². The molecule has 2 aromatic rings. The molecule has 0 bridgehead atoms. The first-order valence-corrected chi connectivity index (χ1v) is 10.6. The molecule has 0 aliphatic rings. The fraction of sp³-hybridized carbons (Fsp3) is 0.263. The smallest absolute Gasteiger partial charge is 0.253 e. The van der Waals surface area contributed by atoms with Gasteiger partial charge in [0, 0.05) is 12.6 Å². The van der Waals surface area contributed by atoms with Crippen LogP contribution in [-0.2, 0) is 14.8 Å². The van der Waals surface area contributed by atoms with Crippen molar-refractivity contribution in [1.29, 1.82) is 0 Å². The number of nitrogens with one attached hydrogen (secondary N) is 2. The maximum atomic E-state index is 14.1. The molecule has 0 aliphatic heterocycles. The van der Waals surface area contributed by atoms with Crippen LogP contribution in [0.3, 0.4) is 0 Å². The van der Waals surface area contributed by atoms with E-state index in [4.69, 9.17) is 0 Å². The molecule has 0 saturated carbocycles. The van der Waals surface area contributed by atoms with E-state index in [0.717, 1.165) is 24.8 Å². The lowest BCUT2D eigenvalue weighted by Crippen LogP contribution is -2.38. The van der Waals surface area contributed by atoms with Crippen LogP contribution >= 0.6 is 0 Å². The molecule has 0 atom stereocenters. The van der Waals surface area contributed by atoms with E-state index < -0.39 is 45.7 Å². The van der Waals surface area contributed by atoms with E-state index in [0.29, 0.717) is 16.9 Å². The first-order chi connectivity index (χ1) is 13.6. The van der Waals surface area contributed by atoms with Gasteiger partial charge in [0.2, 0.25) is 15.9 Å². The summed E-state index contributed by atoms with van der Waals surface area (Å²) in [4.78, 5) is 24.7. The summed E-state index contributed by atoms with van der Waals surface area (Å²) in [6.45, 7) is 1.58. The number of carbonyl (C=O) groups excluding carboxylic acids is 2. The lowest BCUT2D eigenvalue weighted by atomic mass is 10.1. The minimum absolute atomic E-state index is 0.180. The Bertz CT molecular complexity index is 1010. The van der Waals surface area contributed by atoms with Crippen molar-refractivity contribution in [3.63, 3.8) is 0 Å². The van der Waals surface area contributed by atoms with Crippen molar-refractivity contribution >= 4 is 33.2 Å². The number of halogens is 2. The zero-order valence-corrected chi connectivity index (χ0v) is 16.7. The summed E-state index contributed by atoms with van der Waals surface area (Å²) < 4.78 is 51.9. The number of anilines is 2. The van der Waals surface area contributed by atoms with Gasteiger partial charge in [0.15, 0.2) is 0 Å². The van der Waals surface area contributed by atoms with Gasteiger partial charge in [-0.25, -0.2) is 17.2 Å². The van der Waals surface area contributed by atoms with Gasteiger partial charge < -0.3 is 10.6 Å². The van der Waals surface area contributed by atoms with Gasteiger partial charge >= 0.3 is 0 Å². The summed E-state index contributed by atoms with van der Waals surface area (Å²) in [6, 6.07) is 8.57. The Morgan fingerprint density at radius 3 is 2.41 bits per heavy atom. The van der Waals surface area contributed by atoms with Crippen molar-refractivity contribution in [2.45, 2.75) is 13.3 Å². The molecule has 0 spiro atoms. The Hall–Kier alpha value is -3.01. The van der Waals surface area contributed by atoms with Gasteiger partial charge in [0.1, 0.15) is 18.2 Å². The van der Waals surface area contributed by atoms with Gasteiger partial charge in [-0.15, -0.1) is 0 Å². The molecule has 0 aromatic heterocycles. The maximum absolute atomic E-state index is 14.1. The topological polar surface area (TPSA) is 95.6 Å². The third-order valence-corrected chi connectivity index (χ3v) is 4.97. The van der Waals surface area contributed by atoms with E-state index in [1.54, 1.807) is 12.1 Å². The van der Waals surface area contributed by atoms with Gasteiger partial charge in [0.25, 0.3) is 5.91 Å². The van der Waals surface area contributed by atoms with Gasteiger partial charge in [-0.2, -0.15) is 0 Å². The molecular formula is C19H21F2N3O4S. The summed E-state index contributed by atoms with van der Waals surface area (Å²) in [7, 11) is -4.05. The molecular weight excluding hydrogens is 404 g/mol. The van der Waals surface area contributed by atoms with Crippen LogP contribution in [0.15, 0.2) is 42.5 Å². The molecule has 2 rings (SSSR count). The second-order valence-electron chi connectivity index (χ2n) is 6.22. The van der Waals surface area contributed by atoms with E-state index >= 15 is 0 Å². The van der Waals surface area contributed by atoms with E-state index in [2.05, 4.69) is 10.6 Å². The van der Waals surface area contributed by atoms with Crippen LogP contribution in [0, 0.1) is 11.6 Å². The van der Waals surface area contributed by atoms with Crippen molar-refractivity contribution in [1.82, 2.24) is 5.32 Å². The zero-order valence-electron chi connectivity index (χ0n) is 15.9. The lowest BCUT2D eigenvalue weighted by molar-refractivity contribution is -0.114. The number of rotatable bonds is 8. The Labute approximate surface area is 167 Å². The number of hydrogen-bond donors (Lipinski definition) is 2. The van der Waals surface area contributed by atoms with Crippen LogP contribution in [0.1, 0.15) is 23.7 Å². The molecule has 156 valence electrons.